The van der Waals surface area contributed by atoms with E-state index in [1.165, 1.54) is 5.56 Å². The summed E-state index contributed by atoms with van der Waals surface area (Å²) in [5, 5.41) is 3.62. The van der Waals surface area contributed by atoms with E-state index in [1.54, 1.807) is 0 Å². The highest BCUT2D eigenvalue weighted by Gasteiger charge is 2.16. The van der Waals surface area contributed by atoms with Gasteiger partial charge in [0.1, 0.15) is 0 Å². The Morgan fingerprint density at radius 3 is 2.68 bits per heavy atom. The van der Waals surface area contributed by atoms with E-state index >= 15 is 0 Å². The van der Waals surface area contributed by atoms with Crippen LogP contribution in [0.3, 0.4) is 0 Å². The Morgan fingerprint density at radius 1 is 1.42 bits per heavy atom. The standard InChI is InChI=1S/C16H24N2O/c1-11(2)13-4-5-15(12(3)17)16(10-13)18-14-6-8-19-9-7-14/h4-5,10,12,14,18H,1,6-9,17H2,2-3H3. The summed E-state index contributed by atoms with van der Waals surface area (Å²) in [6.45, 7) is 9.73. The number of nitrogens with two attached hydrogens (primary N) is 1. The van der Waals surface area contributed by atoms with Crippen molar-refractivity contribution in [3.63, 3.8) is 0 Å². The van der Waals surface area contributed by atoms with E-state index in [-0.39, 0.29) is 6.04 Å². The van der Waals surface area contributed by atoms with Gasteiger partial charge in [0.2, 0.25) is 0 Å². The number of hydrogen-bond acceptors (Lipinski definition) is 3. The summed E-state index contributed by atoms with van der Waals surface area (Å²) < 4.78 is 5.40. The zero-order valence-corrected chi connectivity index (χ0v) is 11.9. The zero-order valence-electron chi connectivity index (χ0n) is 11.9. The van der Waals surface area contributed by atoms with Crippen LogP contribution in [0.2, 0.25) is 0 Å². The third kappa shape index (κ3) is 3.58. The van der Waals surface area contributed by atoms with Crippen LogP contribution in [0.4, 0.5) is 5.69 Å². The van der Waals surface area contributed by atoms with E-state index in [9.17, 15) is 0 Å². The molecule has 0 bridgehead atoms. The van der Waals surface area contributed by atoms with Gasteiger partial charge in [-0.2, -0.15) is 0 Å². The Bertz CT molecular complexity index is 448. The van der Waals surface area contributed by atoms with Gasteiger partial charge in [-0.3, -0.25) is 0 Å². The second-order valence-electron chi connectivity index (χ2n) is 5.40. The lowest BCUT2D eigenvalue weighted by atomic mass is 9.99. The molecule has 2 rings (SSSR count). The summed E-state index contributed by atoms with van der Waals surface area (Å²) >= 11 is 0. The summed E-state index contributed by atoms with van der Waals surface area (Å²) in [7, 11) is 0. The highest BCUT2D eigenvalue weighted by Crippen LogP contribution is 2.27. The van der Waals surface area contributed by atoms with Gasteiger partial charge in [0.15, 0.2) is 0 Å². The van der Waals surface area contributed by atoms with E-state index in [0.29, 0.717) is 6.04 Å². The van der Waals surface area contributed by atoms with Gasteiger partial charge in [0.05, 0.1) is 0 Å². The fourth-order valence-corrected chi connectivity index (χ4v) is 2.41. The van der Waals surface area contributed by atoms with Crippen molar-refractivity contribution in [1.82, 2.24) is 0 Å². The zero-order chi connectivity index (χ0) is 13.8. The highest BCUT2D eigenvalue weighted by molar-refractivity contribution is 5.68. The van der Waals surface area contributed by atoms with Crippen LogP contribution in [-0.2, 0) is 4.74 Å². The lowest BCUT2D eigenvalue weighted by molar-refractivity contribution is 0.0904. The molecule has 1 saturated heterocycles. The predicted molar refractivity (Wildman–Crippen MR) is 81.2 cm³/mol. The largest absolute Gasteiger partial charge is 0.382 e. The van der Waals surface area contributed by atoms with E-state index in [4.69, 9.17) is 10.5 Å². The maximum atomic E-state index is 6.06. The molecule has 3 N–H and O–H groups in total. The first-order valence-corrected chi connectivity index (χ1v) is 6.97. The Kier molecular flexibility index (Phi) is 4.61. The van der Waals surface area contributed by atoms with Gasteiger partial charge >= 0.3 is 0 Å². The summed E-state index contributed by atoms with van der Waals surface area (Å²) in [5.41, 5.74) is 10.6. The fraction of sp³-hybridized carbons (Fsp3) is 0.500. The molecule has 3 nitrogen and oxygen atoms in total. The smallest absolute Gasteiger partial charge is 0.0485 e. The maximum absolute atomic E-state index is 6.06. The third-order valence-electron chi connectivity index (χ3n) is 3.62. The topological polar surface area (TPSA) is 47.3 Å². The number of allylic oxidation sites excluding steroid dienone is 1. The first kappa shape index (κ1) is 14.1. The predicted octanol–water partition coefficient (Wildman–Crippen LogP) is 3.33. The van der Waals surface area contributed by atoms with Crippen LogP contribution in [0.15, 0.2) is 24.8 Å². The second-order valence-corrected chi connectivity index (χ2v) is 5.40. The minimum absolute atomic E-state index is 0.0292. The normalized spacial score (nSPS) is 18.1. The van der Waals surface area contributed by atoms with Gasteiger partial charge in [-0.25, -0.2) is 0 Å². The van der Waals surface area contributed by atoms with Gasteiger partial charge in [-0.1, -0.05) is 24.3 Å². The number of ether oxygens (including phenoxy) is 1. The molecule has 1 atom stereocenters. The average Bonchev–Trinajstić information content (AvgIpc) is 2.39. The first-order valence-electron chi connectivity index (χ1n) is 6.97. The molecule has 1 aromatic rings. The molecule has 104 valence electrons. The molecule has 1 aromatic carbocycles. The molecule has 1 heterocycles. The van der Waals surface area contributed by atoms with Crippen LogP contribution in [0.25, 0.3) is 5.57 Å². The Hall–Kier alpha value is -1.32. The molecule has 3 heteroatoms. The van der Waals surface area contributed by atoms with Crippen LogP contribution in [-0.4, -0.2) is 19.3 Å². The minimum Gasteiger partial charge on any atom is -0.382 e. The number of benzene rings is 1. The Labute approximate surface area is 115 Å². The van der Waals surface area contributed by atoms with Crippen molar-refractivity contribution in [3.05, 3.63) is 35.9 Å². The molecule has 0 aromatic heterocycles. The Morgan fingerprint density at radius 2 is 2.11 bits per heavy atom. The molecule has 19 heavy (non-hydrogen) atoms. The summed E-state index contributed by atoms with van der Waals surface area (Å²) in [6.07, 6.45) is 2.10. The van der Waals surface area contributed by atoms with Gasteiger partial charge in [0.25, 0.3) is 0 Å². The number of anilines is 1. The quantitative estimate of drug-likeness (QED) is 0.873. The van der Waals surface area contributed by atoms with Crippen LogP contribution >= 0.6 is 0 Å². The number of nitrogens with one attached hydrogen (secondary N) is 1. The molecular formula is C16H24N2O. The van der Waals surface area contributed by atoms with Crippen molar-refractivity contribution in [2.24, 2.45) is 5.73 Å². The van der Waals surface area contributed by atoms with E-state index in [2.05, 4.69) is 30.1 Å². The molecule has 0 spiro atoms. The van der Waals surface area contributed by atoms with E-state index in [1.807, 2.05) is 13.8 Å². The molecule has 1 aliphatic heterocycles. The molecule has 1 unspecified atom stereocenters. The van der Waals surface area contributed by atoms with Gasteiger partial charge in [-0.05, 0) is 43.9 Å². The van der Waals surface area contributed by atoms with Crippen LogP contribution in [0.1, 0.15) is 43.9 Å². The lowest BCUT2D eigenvalue weighted by Gasteiger charge is -2.26. The molecule has 0 radical (unpaired) electrons. The molecule has 1 aliphatic rings. The summed E-state index contributed by atoms with van der Waals surface area (Å²) in [5.74, 6) is 0. The van der Waals surface area contributed by atoms with Crippen LogP contribution < -0.4 is 11.1 Å². The monoisotopic (exact) mass is 260 g/mol. The summed E-state index contributed by atoms with van der Waals surface area (Å²) in [6, 6.07) is 6.87. The molecule has 1 fully saturated rings. The minimum atomic E-state index is 0.0292. The second kappa shape index (κ2) is 6.22. The van der Waals surface area contributed by atoms with Crippen molar-refractivity contribution in [2.45, 2.75) is 38.8 Å². The maximum Gasteiger partial charge on any atom is 0.0485 e. The van der Waals surface area contributed by atoms with Crippen molar-refractivity contribution < 1.29 is 4.74 Å². The average molecular weight is 260 g/mol. The van der Waals surface area contributed by atoms with Gasteiger partial charge in [-0.15, -0.1) is 0 Å². The first-order chi connectivity index (χ1) is 9.08. The van der Waals surface area contributed by atoms with Crippen molar-refractivity contribution in [1.29, 1.82) is 0 Å². The molecular weight excluding hydrogens is 236 g/mol. The highest BCUT2D eigenvalue weighted by atomic mass is 16.5. The van der Waals surface area contributed by atoms with Gasteiger partial charge in [0, 0.05) is 31.0 Å². The van der Waals surface area contributed by atoms with Crippen molar-refractivity contribution >= 4 is 11.3 Å². The van der Waals surface area contributed by atoms with Gasteiger partial charge < -0.3 is 15.8 Å². The van der Waals surface area contributed by atoms with E-state index in [0.717, 1.165) is 42.9 Å². The molecule has 0 aliphatic carbocycles. The third-order valence-corrected chi connectivity index (χ3v) is 3.62. The fourth-order valence-electron chi connectivity index (χ4n) is 2.41. The van der Waals surface area contributed by atoms with Crippen molar-refractivity contribution in [3.8, 4) is 0 Å². The van der Waals surface area contributed by atoms with Crippen LogP contribution in [0, 0.1) is 0 Å². The number of rotatable bonds is 4. The SMILES string of the molecule is C=C(C)c1ccc(C(C)N)c(NC2CCOCC2)c1. The molecule has 0 amide bonds. The number of hydrogen-bond donors (Lipinski definition) is 2. The lowest BCUT2D eigenvalue weighted by Crippen LogP contribution is -2.28. The Balaban J connectivity index is 2.23. The molecule has 0 saturated carbocycles. The summed E-state index contributed by atoms with van der Waals surface area (Å²) in [4.78, 5) is 0. The van der Waals surface area contributed by atoms with E-state index < -0.39 is 0 Å². The van der Waals surface area contributed by atoms with Crippen molar-refractivity contribution in [2.75, 3.05) is 18.5 Å². The van der Waals surface area contributed by atoms with Crippen LogP contribution in [0.5, 0.6) is 0 Å².